The van der Waals surface area contributed by atoms with E-state index < -0.39 is 11.4 Å². The van der Waals surface area contributed by atoms with Gasteiger partial charge in [0.25, 0.3) is 0 Å². The Bertz CT molecular complexity index is 445. The quantitative estimate of drug-likeness (QED) is 0.871. The Morgan fingerprint density at radius 1 is 1.41 bits per heavy atom. The number of rotatable bonds is 4. The van der Waals surface area contributed by atoms with Crippen LogP contribution in [0.3, 0.4) is 0 Å². The number of hydrogen-bond donors (Lipinski definition) is 1. The van der Waals surface area contributed by atoms with Crippen molar-refractivity contribution in [1.82, 2.24) is 0 Å². The van der Waals surface area contributed by atoms with Gasteiger partial charge in [-0.25, -0.2) is 0 Å². The fraction of sp³-hybridized carbons (Fsp3) is 0.500. The molecule has 1 aliphatic carbocycles. The zero-order chi connectivity index (χ0) is 12.6. The third-order valence-corrected chi connectivity index (χ3v) is 3.54. The molecule has 3 heteroatoms. The lowest BCUT2D eigenvalue weighted by atomic mass is 9.86. The lowest BCUT2D eigenvalue weighted by molar-refractivity contribution is -0.140. The van der Waals surface area contributed by atoms with Crippen LogP contribution in [0.2, 0.25) is 0 Å². The van der Waals surface area contributed by atoms with Crippen LogP contribution in [0.15, 0.2) is 18.2 Å². The zero-order valence-corrected chi connectivity index (χ0v) is 10.5. The van der Waals surface area contributed by atoms with Crippen molar-refractivity contribution in [2.45, 2.75) is 38.0 Å². The number of methoxy groups -OCH3 is 1. The van der Waals surface area contributed by atoms with Gasteiger partial charge in [0, 0.05) is 5.56 Å². The second kappa shape index (κ2) is 4.06. The SMILES string of the molecule is COc1cccc(C(C)C)c1C1(C(=O)O)CC1. The average Bonchev–Trinajstić information content (AvgIpc) is 3.08. The number of carboxylic acid groups (broad SMARTS) is 1. The van der Waals surface area contributed by atoms with Crippen LogP contribution in [-0.2, 0) is 10.2 Å². The number of aliphatic carboxylic acids is 1. The molecule has 1 N–H and O–H groups in total. The topological polar surface area (TPSA) is 46.5 Å². The molecule has 1 aromatic carbocycles. The van der Waals surface area contributed by atoms with Crippen LogP contribution >= 0.6 is 0 Å². The molecule has 92 valence electrons. The van der Waals surface area contributed by atoms with Gasteiger partial charge in [0.15, 0.2) is 0 Å². The van der Waals surface area contributed by atoms with Crippen LogP contribution in [0.25, 0.3) is 0 Å². The number of ether oxygens (including phenoxy) is 1. The van der Waals surface area contributed by atoms with Gasteiger partial charge in [-0.05, 0) is 30.4 Å². The summed E-state index contributed by atoms with van der Waals surface area (Å²) in [4.78, 5) is 11.5. The Balaban J connectivity index is 2.61. The normalized spacial score (nSPS) is 16.9. The second-order valence-corrected chi connectivity index (χ2v) is 4.97. The fourth-order valence-electron chi connectivity index (χ4n) is 2.41. The number of hydrogen-bond acceptors (Lipinski definition) is 2. The largest absolute Gasteiger partial charge is 0.496 e. The maximum Gasteiger partial charge on any atom is 0.314 e. The molecule has 0 aliphatic heterocycles. The molecule has 0 bridgehead atoms. The Morgan fingerprint density at radius 3 is 2.47 bits per heavy atom. The van der Waals surface area contributed by atoms with Crippen molar-refractivity contribution in [3.05, 3.63) is 29.3 Å². The van der Waals surface area contributed by atoms with E-state index in [0.717, 1.165) is 11.1 Å². The maximum absolute atomic E-state index is 11.5. The minimum absolute atomic E-state index is 0.303. The Hall–Kier alpha value is -1.51. The lowest BCUT2D eigenvalue weighted by Crippen LogP contribution is -2.22. The van der Waals surface area contributed by atoms with E-state index in [2.05, 4.69) is 13.8 Å². The monoisotopic (exact) mass is 234 g/mol. The minimum Gasteiger partial charge on any atom is -0.496 e. The molecule has 0 amide bonds. The van der Waals surface area contributed by atoms with E-state index in [1.165, 1.54) is 0 Å². The molecule has 2 rings (SSSR count). The van der Waals surface area contributed by atoms with Gasteiger partial charge in [0.1, 0.15) is 5.75 Å². The second-order valence-electron chi connectivity index (χ2n) is 4.97. The summed E-state index contributed by atoms with van der Waals surface area (Å²) in [5, 5.41) is 9.43. The molecule has 0 unspecified atom stereocenters. The molecule has 0 heterocycles. The number of carboxylic acids is 1. The van der Waals surface area contributed by atoms with Crippen molar-refractivity contribution in [1.29, 1.82) is 0 Å². The molecule has 1 aromatic rings. The van der Waals surface area contributed by atoms with Crippen molar-refractivity contribution < 1.29 is 14.6 Å². The van der Waals surface area contributed by atoms with Crippen molar-refractivity contribution in [2.75, 3.05) is 7.11 Å². The lowest BCUT2D eigenvalue weighted by Gasteiger charge is -2.21. The predicted molar refractivity (Wildman–Crippen MR) is 65.6 cm³/mol. The van der Waals surface area contributed by atoms with Gasteiger partial charge in [-0.2, -0.15) is 0 Å². The summed E-state index contributed by atoms with van der Waals surface area (Å²) in [7, 11) is 1.60. The molecule has 1 aliphatic rings. The van der Waals surface area contributed by atoms with Gasteiger partial charge in [0.05, 0.1) is 12.5 Å². The average molecular weight is 234 g/mol. The molecule has 0 radical (unpaired) electrons. The molecule has 0 spiro atoms. The summed E-state index contributed by atoms with van der Waals surface area (Å²) >= 11 is 0. The van der Waals surface area contributed by atoms with Gasteiger partial charge >= 0.3 is 5.97 Å². The van der Waals surface area contributed by atoms with Crippen LogP contribution in [0.1, 0.15) is 43.7 Å². The first-order valence-corrected chi connectivity index (χ1v) is 5.93. The minimum atomic E-state index is -0.732. The van der Waals surface area contributed by atoms with Gasteiger partial charge in [-0.1, -0.05) is 26.0 Å². The first kappa shape index (κ1) is 12.0. The van der Waals surface area contributed by atoms with Crippen LogP contribution in [0.4, 0.5) is 0 Å². The summed E-state index contributed by atoms with van der Waals surface area (Å²) in [6.45, 7) is 4.16. The summed E-state index contributed by atoms with van der Waals surface area (Å²) in [5.41, 5.74) is 1.26. The van der Waals surface area contributed by atoms with Gasteiger partial charge < -0.3 is 9.84 Å². The van der Waals surface area contributed by atoms with Crippen molar-refractivity contribution in [3.63, 3.8) is 0 Å². The van der Waals surface area contributed by atoms with E-state index in [9.17, 15) is 9.90 Å². The molecule has 1 saturated carbocycles. The molecule has 0 saturated heterocycles. The highest BCUT2D eigenvalue weighted by Crippen LogP contribution is 2.53. The molecule has 1 fully saturated rings. The number of benzene rings is 1. The third kappa shape index (κ3) is 1.79. The molecular weight excluding hydrogens is 216 g/mol. The Labute approximate surface area is 101 Å². The van der Waals surface area contributed by atoms with Crippen molar-refractivity contribution in [2.24, 2.45) is 0 Å². The van der Waals surface area contributed by atoms with Crippen LogP contribution in [-0.4, -0.2) is 18.2 Å². The van der Waals surface area contributed by atoms with E-state index in [1.54, 1.807) is 7.11 Å². The first-order chi connectivity index (χ1) is 8.03. The van der Waals surface area contributed by atoms with Gasteiger partial charge in [-0.15, -0.1) is 0 Å². The zero-order valence-electron chi connectivity index (χ0n) is 10.5. The highest BCUT2D eigenvalue weighted by molar-refractivity contribution is 5.86. The highest BCUT2D eigenvalue weighted by atomic mass is 16.5. The molecular formula is C14H18O3. The van der Waals surface area contributed by atoms with Crippen LogP contribution < -0.4 is 4.74 Å². The molecule has 17 heavy (non-hydrogen) atoms. The van der Waals surface area contributed by atoms with Crippen LogP contribution in [0, 0.1) is 0 Å². The van der Waals surface area contributed by atoms with Crippen molar-refractivity contribution >= 4 is 5.97 Å². The van der Waals surface area contributed by atoms with Crippen molar-refractivity contribution in [3.8, 4) is 5.75 Å². The fourth-order valence-corrected chi connectivity index (χ4v) is 2.41. The van der Waals surface area contributed by atoms with E-state index >= 15 is 0 Å². The van der Waals surface area contributed by atoms with E-state index in [-0.39, 0.29) is 0 Å². The van der Waals surface area contributed by atoms with E-state index in [4.69, 9.17) is 4.74 Å². The first-order valence-electron chi connectivity index (χ1n) is 5.93. The summed E-state index contributed by atoms with van der Waals surface area (Å²) in [5.74, 6) is 0.275. The van der Waals surface area contributed by atoms with Gasteiger partial charge in [0.2, 0.25) is 0 Å². The molecule has 0 aromatic heterocycles. The Kier molecular flexibility index (Phi) is 2.86. The van der Waals surface area contributed by atoms with Gasteiger partial charge in [-0.3, -0.25) is 4.79 Å². The maximum atomic E-state index is 11.5. The smallest absolute Gasteiger partial charge is 0.314 e. The van der Waals surface area contributed by atoms with Crippen LogP contribution in [0.5, 0.6) is 5.75 Å². The summed E-state index contributed by atoms with van der Waals surface area (Å²) in [6, 6.07) is 5.78. The highest BCUT2D eigenvalue weighted by Gasteiger charge is 2.54. The third-order valence-electron chi connectivity index (χ3n) is 3.54. The van der Waals surface area contributed by atoms with E-state index in [1.807, 2.05) is 18.2 Å². The van der Waals surface area contributed by atoms with E-state index in [0.29, 0.717) is 24.5 Å². The number of carbonyl (C=O) groups is 1. The summed E-state index contributed by atoms with van der Waals surface area (Å²) < 4.78 is 5.35. The summed E-state index contributed by atoms with van der Waals surface area (Å²) in [6.07, 6.45) is 1.42. The molecule has 3 nitrogen and oxygen atoms in total. The standard InChI is InChI=1S/C14H18O3/c1-9(2)10-5-4-6-11(17-3)12(10)14(7-8-14)13(15)16/h4-6,9H,7-8H2,1-3H3,(H,15,16). The Morgan fingerprint density at radius 2 is 2.06 bits per heavy atom. The predicted octanol–water partition coefficient (Wildman–Crippen LogP) is 2.93. The molecule has 0 atom stereocenters.